The zero-order valence-corrected chi connectivity index (χ0v) is 12.1. The first-order valence-corrected chi connectivity index (χ1v) is 7.44. The van der Waals surface area contributed by atoms with E-state index >= 15 is 0 Å². The summed E-state index contributed by atoms with van der Waals surface area (Å²) in [5.74, 6) is 1.09. The second-order valence-corrected chi connectivity index (χ2v) is 5.99. The van der Waals surface area contributed by atoms with E-state index in [9.17, 15) is 5.11 Å². The van der Waals surface area contributed by atoms with Crippen LogP contribution in [0.25, 0.3) is 11.1 Å². The van der Waals surface area contributed by atoms with Gasteiger partial charge in [0, 0.05) is 18.5 Å². The molecule has 2 aromatic rings. The number of aliphatic hydroxyl groups is 1. The predicted octanol–water partition coefficient (Wildman–Crippen LogP) is 2.95. The summed E-state index contributed by atoms with van der Waals surface area (Å²) in [4.78, 5) is 4.52. The minimum Gasteiger partial charge on any atom is -0.440 e. The van der Waals surface area contributed by atoms with Gasteiger partial charge in [-0.15, -0.1) is 0 Å². The predicted molar refractivity (Wildman–Crippen MR) is 78.6 cm³/mol. The molecule has 0 radical (unpaired) electrons. The molecule has 1 aliphatic carbocycles. The van der Waals surface area contributed by atoms with Gasteiger partial charge >= 0.3 is 0 Å². The normalized spacial score (nSPS) is 23.0. The maximum Gasteiger partial charge on any atom is 0.198 e. The molecule has 2 N–H and O–H groups in total. The second-order valence-electron chi connectivity index (χ2n) is 5.99. The van der Waals surface area contributed by atoms with Crippen molar-refractivity contribution in [1.29, 1.82) is 0 Å². The van der Waals surface area contributed by atoms with Crippen LogP contribution in [-0.2, 0) is 6.54 Å². The van der Waals surface area contributed by atoms with Crippen LogP contribution in [0.3, 0.4) is 0 Å². The van der Waals surface area contributed by atoms with Gasteiger partial charge in [-0.25, -0.2) is 4.98 Å². The van der Waals surface area contributed by atoms with Crippen LogP contribution in [0.1, 0.15) is 50.5 Å². The molecule has 1 aromatic carbocycles. The number of hydrogen-bond acceptors (Lipinski definition) is 4. The fraction of sp³-hybridized carbons (Fsp3) is 0.562. The van der Waals surface area contributed by atoms with E-state index in [1.807, 2.05) is 6.07 Å². The number of fused-ring (bicyclic) bond motifs is 1. The summed E-state index contributed by atoms with van der Waals surface area (Å²) in [6.45, 7) is 4.92. The first kappa shape index (κ1) is 13.6. The fourth-order valence-corrected chi connectivity index (χ4v) is 2.78. The maximum atomic E-state index is 9.81. The minimum atomic E-state index is -0.196. The number of nitrogens with one attached hydrogen (secondary N) is 1. The lowest BCUT2D eigenvalue weighted by atomic mass is 10.1. The van der Waals surface area contributed by atoms with E-state index in [0.717, 1.165) is 42.8 Å². The van der Waals surface area contributed by atoms with Crippen LogP contribution < -0.4 is 5.32 Å². The number of aliphatic hydroxyl groups excluding tert-OH is 1. The highest BCUT2D eigenvalue weighted by atomic mass is 16.3. The van der Waals surface area contributed by atoms with Crippen LogP contribution in [-0.4, -0.2) is 22.2 Å². The minimum absolute atomic E-state index is 0.196. The van der Waals surface area contributed by atoms with Gasteiger partial charge in [0.1, 0.15) is 5.52 Å². The molecule has 1 saturated carbocycles. The van der Waals surface area contributed by atoms with Crippen molar-refractivity contribution < 1.29 is 9.52 Å². The van der Waals surface area contributed by atoms with E-state index in [-0.39, 0.29) is 12.1 Å². The second kappa shape index (κ2) is 5.54. The van der Waals surface area contributed by atoms with E-state index in [1.165, 1.54) is 5.56 Å². The van der Waals surface area contributed by atoms with Gasteiger partial charge < -0.3 is 14.8 Å². The molecule has 108 valence electrons. The third kappa shape index (κ3) is 2.72. The van der Waals surface area contributed by atoms with E-state index < -0.39 is 0 Å². The molecule has 1 heterocycles. The SMILES string of the molecule is CC(C)c1nc2cc(CN[C@H]3CCC[C@H]3O)ccc2o1. The van der Waals surface area contributed by atoms with E-state index in [2.05, 4.69) is 36.3 Å². The topological polar surface area (TPSA) is 58.3 Å². The standard InChI is InChI=1S/C16H22N2O2/c1-10(2)16-18-13-8-11(6-7-15(13)20-16)9-17-12-4-3-5-14(12)19/h6-8,10,12,14,17,19H,3-5,9H2,1-2H3/t12-,14+/m0/s1. The highest BCUT2D eigenvalue weighted by Gasteiger charge is 2.24. The molecular weight excluding hydrogens is 252 g/mol. The third-order valence-electron chi connectivity index (χ3n) is 4.01. The van der Waals surface area contributed by atoms with Crippen LogP contribution in [0.5, 0.6) is 0 Å². The molecule has 4 nitrogen and oxygen atoms in total. The average Bonchev–Trinajstić information content (AvgIpc) is 3.01. The Morgan fingerprint density at radius 2 is 2.25 bits per heavy atom. The van der Waals surface area contributed by atoms with Crippen LogP contribution in [0.2, 0.25) is 0 Å². The summed E-state index contributed by atoms with van der Waals surface area (Å²) in [6, 6.07) is 6.34. The van der Waals surface area contributed by atoms with Crippen molar-refractivity contribution in [3.8, 4) is 0 Å². The number of rotatable bonds is 4. The summed E-state index contributed by atoms with van der Waals surface area (Å²) in [5, 5.41) is 13.2. The Hall–Kier alpha value is -1.39. The van der Waals surface area contributed by atoms with Gasteiger partial charge in [0.2, 0.25) is 0 Å². The summed E-state index contributed by atoms with van der Waals surface area (Å²) in [6.07, 6.45) is 2.89. The van der Waals surface area contributed by atoms with Crippen molar-refractivity contribution >= 4 is 11.1 Å². The van der Waals surface area contributed by atoms with Gasteiger partial charge in [-0.2, -0.15) is 0 Å². The highest BCUT2D eigenvalue weighted by Crippen LogP contribution is 2.23. The van der Waals surface area contributed by atoms with Crippen LogP contribution in [0.15, 0.2) is 22.6 Å². The summed E-state index contributed by atoms with van der Waals surface area (Å²) in [5.41, 5.74) is 2.94. The summed E-state index contributed by atoms with van der Waals surface area (Å²) >= 11 is 0. The van der Waals surface area contributed by atoms with Crippen molar-refractivity contribution in [1.82, 2.24) is 10.3 Å². The number of benzene rings is 1. The first-order chi connectivity index (χ1) is 9.63. The number of aromatic nitrogens is 1. The number of oxazole rings is 1. The zero-order chi connectivity index (χ0) is 14.1. The molecule has 0 amide bonds. The molecule has 3 rings (SSSR count). The Kier molecular flexibility index (Phi) is 3.76. The number of nitrogens with zero attached hydrogens (tertiary/aromatic N) is 1. The molecule has 4 heteroatoms. The largest absolute Gasteiger partial charge is 0.440 e. The van der Waals surface area contributed by atoms with Crippen LogP contribution >= 0.6 is 0 Å². The monoisotopic (exact) mass is 274 g/mol. The van der Waals surface area contributed by atoms with Crippen LogP contribution in [0, 0.1) is 0 Å². The van der Waals surface area contributed by atoms with Gasteiger partial charge in [0.15, 0.2) is 11.5 Å². The highest BCUT2D eigenvalue weighted by molar-refractivity contribution is 5.73. The van der Waals surface area contributed by atoms with Crippen molar-refractivity contribution in [2.24, 2.45) is 0 Å². The van der Waals surface area contributed by atoms with Gasteiger partial charge in [0.05, 0.1) is 6.10 Å². The Balaban J connectivity index is 1.72. The lowest BCUT2D eigenvalue weighted by Gasteiger charge is -2.16. The quantitative estimate of drug-likeness (QED) is 0.900. The molecular formula is C16H22N2O2. The molecule has 1 fully saturated rings. The van der Waals surface area contributed by atoms with Crippen molar-refractivity contribution in [2.45, 2.75) is 57.7 Å². The van der Waals surface area contributed by atoms with Gasteiger partial charge in [-0.1, -0.05) is 19.9 Å². The molecule has 0 saturated heterocycles. The molecule has 0 unspecified atom stereocenters. The zero-order valence-electron chi connectivity index (χ0n) is 12.1. The maximum absolute atomic E-state index is 9.81. The summed E-state index contributed by atoms with van der Waals surface area (Å²) in [7, 11) is 0. The molecule has 20 heavy (non-hydrogen) atoms. The fourth-order valence-electron chi connectivity index (χ4n) is 2.78. The molecule has 2 atom stereocenters. The average molecular weight is 274 g/mol. The Morgan fingerprint density at radius 3 is 2.95 bits per heavy atom. The molecule has 0 aliphatic heterocycles. The molecule has 0 bridgehead atoms. The van der Waals surface area contributed by atoms with Gasteiger partial charge in [-0.05, 0) is 37.0 Å². The molecule has 1 aromatic heterocycles. The van der Waals surface area contributed by atoms with Crippen molar-refractivity contribution in [3.05, 3.63) is 29.7 Å². The van der Waals surface area contributed by atoms with E-state index in [0.29, 0.717) is 5.92 Å². The first-order valence-electron chi connectivity index (χ1n) is 7.44. The Labute approximate surface area is 119 Å². The van der Waals surface area contributed by atoms with E-state index in [1.54, 1.807) is 0 Å². The van der Waals surface area contributed by atoms with Gasteiger partial charge in [-0.3, -0.25) is 0 Å². The third-order valence-corrected chi connectivity index (χ3v) is 4.01. The van der Waals surface area contributed by atoms with Crippen molar-refractivity contribution in [3.63, 3.8) is 0 Å². The van der Waals surface area contributed by atoms with Gasteiger partial charge in [0.25, 0.3) is 0 Å². The van der Waals surface area contributed by atoms with Crippen molar-refractivity contribution in [2.75, 3.05) is 0 Å². The number of hydrogen-bond donors (Lipinski definition) is 2. The lowest BCUT2D eigenvalue weighted by Crippen LogP contribution is -2.34. The molecule has 0 spiro atoms. The van der Waals surface area contributed by atoms with E-state index in [4.69, 9.17) is 4.42 Å². The smallest absolute Gasteiger partial charge is 0.198 e. The lowest BCUT2D eigenvalue weighted by molar-refractivity contribution is 0.148. The Morgan fingerprint density at radius 1 is 1.40 bits per heavy atom. The molecule has 1 aliphatic rings. The summed E-state index contributed by atoms with van der Waals surface area (Å²) < 4.78 is 5.71. The Bertz CT molecular complexity index is 591. The van der Waals surface area contributed by atoms with Crippen LogP contribution in [0.4, 0.5) is 0 Å².